The average molecular weight is 593 g/mol. The maximum atomic E-state index is 17.9. The smallest absolute Gasteiger partial charge is 0.327 e. The molecule has 11 heteroatoms. The summed E-state index contributed by atoms with van der Waals surface area (Å²) in [4.78, 5) is 31.7. The summed E-state index contributed by atoms with van der Waals surface area (Å²) in [6.07, 6.45) is -0.746. The second kappa shape index (κ2) is 11.2. The Balaban J connectivity index is 1.77. The highest BCUT2D eigenvalue weighted by Gasteiger charge is 2.59. The molecule has 1 fully saturated rings. The van der Waals surface area contributed by atoms with Crippen LogP contribution in [-0.4, -0.2) is 57.9 Å². The van der Waals surface area contributed by atoms with Gasteiger partial charge in [-0.15, -0.1) is 0 Å². The fourth-order valence-corrected chi connectivity index (χ4v) is 4.78. The minimum Gasteiger partial charge on any atom is -0.396 e. The molecule has 2 amide bonds. The van der Waals surface area contributed by atoms with Crippen molar-refractivity contribution >= 4 is 35.0 Å². The number of alkyl halides is 1. The van der Waals surface area contributed by atoms with Crippen LogP contribution in [0.5, 0.6) is 0 Å². The largest absolute Gasteiger partial charge is 0.396 e. The fraction of sp³-hybridized carbons (Fsp3) is 0.345. The molecule has 210 valence electrons. The molecule has 1 aromatic heterocycles. The van der Waals surface area contributed by atoms with E-state index in [1.165, 1.54) is 18.3 Å². The number of nitrogens with zero attached hydrogens (tertiary/aromatic N) is 2. The Hall–Kier alpha value is -2.92. The second-order valence-corrected chi connectivity index (χ2v) is 10.4. The molecule has 1 aliphatic heterocycles. The molecule has 2 aliphatic rings. The molecule has 0 bridgehead atoms. The zero-order chi connectivity index (χ0) is 32.2. The summed E-state index contributed by atoms with van der Waals surface area (Å²) in [5.74, 6) is -6.13. The van der Waals surface area contributed by atoms with Crippen LogP contribution in [0.4, 0.5) is 4.39 Å². The van der Waals surface area contributed by atoms with Gasteiger partial charge in [0.1, 0.15) is 12.9 Å². The van der Waals surface area contributed by atoms with Crippen molar-refractivity contribution in [3.05, 3.63) is 87.2 Å². The van der Waals surface area contributed by atoms with Crippen molar-refractivity contribution < 1.29 is 39.1 Å². The highest BCUT2D eigenvalue weighted by Crippen LogP contribution is 2.51. The lowest BCUT2D eigenvalue weighted by molar-refractivity contribution is -0.241. The van der Waals surface area contributed by atoms with Crippen LogP contribution in [0.1, 0.15) is 52.4 Å². The average Bonchev–Trinajstić information content (AvgIpc) is 3.75. The maximum Gasteiger partial charge on any atom is 0.327 e. The minimum atomic E-state index is -3.66. The van der Waals surface area contributed by atoms with E-state index in [0.29, 0.717) is 26.9 Å². The third-order valence-electron chi connectivity index (χ3n) is 6.88. The number of amides is 2. The molecule has 5 rings (SSSR count). The molecule has 3 aromatic rings. The SMILES string of the molecule is [2H]C([2H])(O)C1(C([2H])([2H])O[C@@]2(F)c3c(ccc(-c4ccc(Cl)cc4)c3Cc3ccc(Cl)cn3)C(=O)N2C(=O)C(C)OCO)CC1. The van der Waals surface area contributed by atoms with Crippen molar-refractivity contribution in [3.63, 3.8) is 0 Å². The first-order valence-corrected chi connectivity index (χ1v) is 13.1. The summed E-state index contributed by atoms with van der Waals surface area (Å²) >= 11 is 12.1. The Labute approximate surface area is 245 Å². The van der Waals surface area contributed by atoms with Gasteiger partial charge in [-0.1, -0.05) is 41.4 Å². The lowest BCUT2D eigenvalue weighted by Crippen LogP contribution is -2.51. The van der Waals surface area contributed by atoms with E-state index in [2.05, 4.69) is 4.98 Å². The number of aromatic nitrogens is 1. The first-order valence-electron chi connectivity index (χ1n) is 14.3. The normalized spacial score (nSPS) is 22.1. The maximum absolute atomic E-state index is 17.9. The quantitative estimate of drug-likeness (QED) is 0.256. The van der Waals surface area contributed by atoms with Crippen molar-refractivity contribution in [2.45, 2.75) is 38.3 Å². The second-order valence-electron chi connectivity index (χ2n) is 9.54. The highest BCUT2D eigenvalue weighted by atomic mass is 35.5. The fourth-order valence-electron chi connectivity index (χ4n) is 4.55. The number of ether oxygens (including phenoxy) is 2. The summed E-state index contributed by atoms with van der Waals surface area (Å²) in [6, 6.07) is 12.4. The van der Waals surface area contributed by atoms with Crippen LogP contribution >= 0.6 is 23.2 Å². The van der Waals surface area contributed by atoms with Crippen LogP contribution in [0.3, 0.4) is 0 Å². The van der Waals surface area contributed by atoms with Crippen LogP contribution in [0.25, 0.3) is 11.1 Å². The van der Waals surface area contributed by atoms with Gasteiger partial charge in [0, 0.05) is 28.7 Å². The van der Waals surface area contributed by atoms with Gasteiger partial charge in [0.05, 0.1) is 34.8 Å². The third-order valence-corrected chi connectivity index (χ3v) is 7.36. The monoisotopic (exact) mass is 592 g/mol. The number of rotatable bonds is 10. The standard InChI is InChI=1S/C29H27Cl2FN2O6/c1-17(39-16-36)26(37)34-27(38)23-9-8-22(18-2-4-19(30)5-3-18)24(12-21-7-6-20(31)13-33-21)25(23)29(34,32)40-15-28(14-35)10-11-28/h2-9,13,17,35-36H,10-12,14-16H2,1H3/t17?,29-/m1/s1/i14D2,15D2. The van der Waals surface area contributed by atoms with E-state index in [4.69, 9.17) is 38.2 Å². The van der Waals surface area contributed by atoms with Gasteiger partial charge < -0.3 is 19.7 Å². The Bertz CT molecular complexity index is 1600. The number of benzene rings is 2. The summed E-state index contributed by atoms with van der Waals surface area (Å²) in [5.41, 5.74) is -1.63. The summed E-state index contributed by atoms with van der Waals surface area (Å²) in [7, 11) is 0. The molecular formula is C29H27Cl2FN2O6. The van der Waals surface area contributed by atoms with Crippen LogP contribution in [0.15, 0.2) is 54.7 Å². The molecule has 0 saturated heterocycles. The first kappa shape index (κ1) is 23.8. The number of imide groups is 1. The van der Waals surface area contributed by atoms with Crippen molar-refractivity contribution in [3.8, 4) is 11.1 Å². The number of hydrogen-bond acceptors (Lipinski definition) is 7. The van der Waals surface area contributed by atoms with Gasteiger partial charge in [0.2, 0.25) is 0 Å². The first-order chi connectivity index (χ1) is 20.6. The number of fused-ring (bicyclic) bond motifs is 1. The summed E-state index contributed by atoms with van der Waals surface area (Å²) < 4.78 is 61.4. The number of carbonyl (C=O) groups excluding carboxylic acids is 2. The molecular weight excluding hydrogens is 562 g/mol. The topological polar surface area (TPSA) is 109 Å². The van der Waals surface area contributed by atoms with Crippen LogP contribution in [0, 0.1) is 5.41 Å². The van der Waals surface area contributed by atoms with Crippen LogP contribution in [-0.2, 0) is 26.7 Å². The molecule has 2 atom stereocenters. The van der Waals surface area contributed by atoms with E-state index in [0.717, 1.165) is 6.92 Å². The van der Waals surface area contributed by atoms with Crippen LogP contribution < -0.4 is 0 Å². The third kappa shape index (κ3) is 5.25. The Morgan fingerprint density at radius 3 is 2.40 bits per heavy atom. The van der Waals surface area contributed by atoms with E-state index in [1.807, 2.05) is 0 Å². The van der Waals surface area contributed by atoms with Crippen molar-refractivity contribution in [2.24, 2.45) is 5.41 Å². The van der Waals surface area contributed by atoms with E-state index < -0.39 is 54.8 Å². The summed E-state index contributed by atoms with van der Waals surface area (Å²) in [6.45, 7) is -6.16. The highest BCUT2D eigenvalue weighted by molar-refractivity contribution is 6.30. The van der Waals surface area contributed by atoms with Gasteiger partial charge in [-0.3, -0.25) is 14.6 Å². The van der Waals surface area contributed by atoms with E-state index in [1.54, 1.807) is 36.4 Å². The Morgan fingerprint density at radius 1 is 1.12 bits per heavy atom. The predicted octanol–water partition coefficient (Wildman–Crippen LogP) is 4.85. The van der Waals surface area contributed by atoms with Gasteiger partial charge in [0.15, 0.2) is 0 Å². The van der Waals surface area contributed by atoms with Gasteiger partial charge >= 0.3 is 5.98 Å². The zero-order valence-corrected chi connectivity index (χ0v) is 22.7. The number of aliphatic hydroxyl groups excluding tert-OH is 1. The van der Waals surface area contributed by atoms with Crippen molar-refractivity contribution in [1.82, 2.24) is 9.88 Å². The summed E-state index contributed by atoms with van der Waals surface area (Å²) in [5, 5.41) is 20.2. The molecule has 1 saturated carbocycles. The molecule has 1 aliphatic carbocycles. The number of aliphatic hydroxyl groups is 2. The zero-order valence-electron chi connectivity index (χ0n) is 25.2. The predicted molar refractivity (Wildman–Crippen MR) is 145 cm³/mol. The molecule has 0 spiro atoms. The van der Waals surface area contributed by atoms with Crippen molar-refractivity contribution in [1.29, 1.82) is 0 Å². The molecule has 1 unspecified atom stereocenters. The van der Waals surface area contributed by atoms with Crippen molar-refractivity contribution in [2.75, 3.05) is 19.9 Å². The number of pyridine rings is 1. The van der Waals surface area contributed by atoms with E-state index >= 15 is 4.39 Å². The van der Waals surface area contributed by atoms with Gasteiger partial charge in [-0.05, 0) is 66.8 Å². The lowest BCUT2D eigenvalue weighted by atomic mass is 9.89. The molecule has 40 heavy (non-hydrogen) atoms. The number of halogens is 3. The van der Waals surface area contributed by atoms with Gasteiger partial charge in [-0.2, -0.15) is 4.39 Å². The Kier molecular flexibility index (Phi) is 6.63. The number of hydrogen-bond donors (Lipinski definition) is 2. The molecule has 2 N–H and O–H groups in total. The van der Waals surface area contributed by atoms with E-state index in [-0.39, 0.29) is 35.3 Å². The van der Waals surface area contributed by atoms with Crippen LogP contribution in [0.2, 0.25) is 10.0 Å². The van der Waals surface area contributed by atoms with E-state index in [9.17, 15) is 19.8 Å². The minimum absolute atomic E-state index is 0.0727. The molecule has 2 heterocycles. The lowest BCUT2D eigenvalue weighted by Gasteiger charge is -2.33. The van der Waals surface area contributed by atoms with Gasteiger partial charge in [-0.25, -0.2) is 4.90 Å². The molecule has 0 radical (unpaired) electrons. The number of carbonyl (C=O) groups is 2. The molecule has 8 nitrogen and oxygen atoms in total. The Morgan fingerprint density at radius 2 is 1.80 bits per heavy atom. The van der Waals surface area contributed by atoms with Gasteiger partial charge in [0.25, 0.3) is 11.8 Å². The molecule has 2 aromatic carbocycles.